The fourth-order valence-corrected chi connectivity index (χ4v) is 2.14. The highest BCUT2D eigenvalue weighted by Crippen LogP contribution is 2.23. The molecule has 1 N–H and O–H groups in total. The number of aromatic nitrogens is 2. The summed E-state index contributed by atoms with van der Waals surface area (Å²) in [4.78, 5) is 0. The van der Waals surface area contributed by atoms with E-state index in [9.17, 15) is 0 Å². The summed E-state index contributed by atoms with van der Waals surface area (Å²) in [5.74, 6) is 0. The minimum Gasteiger partial charge on any atom is -0.384 e. The third kappa shape index (κ3) is 3.11. The maximum atomic E-state index is 9.07. The fraction of sp³-hybridized carbons (Fsp3) is 0.231. The lowest BCUT2D eigenvalue weighted by molar-refractivity contribution is 0.592. The number of halogens is 1. The Morgan fingerprint density at radius 3 is 3.00 bits per heavy atom. The first kappa shape index (κ1) is 12.7. The van der Waals surface area contributed by atoms with Gasteiger partial charge in [0.2, 0.25) is 0 Å². The SMILES string of the molecule is N#Cc1c(Br)cccc1NCCCn1cccn1. The Labute approximate surface area is 114 Å². The van der Waals surface area contributed by atoms with E-state index in [0.717, 1.165) is 29.7 Å². The van der Waals surface area contributed by atoms with Crippen LogP contribution in [0.1, 0.15) is 12.0 Å². The van der Waals surface area contributed by atoms with Gasteiger partial charge in [0.1, 0.15) is 6.07 Å². The summed E-state index contributed by atoms with van der Waals surface area (Å²) in [6.07, 6.45) is 4.67. The summed E-state index contributed by atoms with van der Waals surface area (Å²) in [6, 6.07) is 9.80. The van der Waals surface area contributed by atoms with Crippen LogP contribution in [-0.2, 0) is 6.54 Å². The topological polar surface area (TPSA) is 53.6 Å². The Morgan fingerprint density at radius 1 is 1.39 bits per heavy atom. The number of benzene rings is 1. The van der Waals surface area contributed by atoms with Gasteiger partial charge >= 0.3 is 0 Å². The first-order valence-corrected chi connectivity index (χ1v) is 6.50. The minimum atomic E-state index is 0.650. The number of nitrogens with one attached hydrogen (secondary N) is 1. The van der Waals surface area contributed by atoms with Crippen LogP contribution < -0.4 is 5.32 Å². The van der Waals surface area contributed by atoms with Gasteiger partial charge in [-0.15, -0.1) is 0 Å². The van der Waals surface area contributed by atoms with Gasteiger partial charge in [-0.05, 0) is 40.5 Å². The summed E-state index contributed by atoms with van der Waals surface area (Å²) in [7, 11) is 0. The molecule has 0 aliphatic heterocycles. The Morgan fingerprint density at radius 2 is 2.28 bits per heavy atom. The van der Waals surface area contributed by atoms with Crippen molar-refractivity contribution in [2.75, 3.05) is 11.9 Å². The number of rotatable bonds is 5. The van der Waals surface area contributed by atoms with Gasteiger partial charge in [0.15, 0.2) is 0 Å². The molecule has 2 aromatic rings. The van der Waals surface area contributed by atoms with Crippen molar-refractivity contribution in [2.24, 2.45) is 0 Å². The molecular formula is C13H13BrN4. The highest BCUT2D eigenvalue weighted by Gasteiger charge is 2.04. The highest BCUT2D eigenvalue weighted by atomic mass is 79.9. The molecule has 0 aliphatic carbocycles. The van der Waals surface area contributed by atoms with Crippen LogP contribution in [0.5, 0.6) is 0 Å². The molecule has 1 heterocycles. The molecule has 0 saturated carbocycles. The predicted octanol–water partition coefficient (Wildman–Crippen LogP) is 3.02. The standard InChI is InChI=1S/C13H13BrN4/c14-12-4-1-5-13(11(12)10-15)16-6-2-8-18-9-3-7-17-18/h1,3-5,7,9,16H,2,6,8H2. The van der Waals surface area contributed by atoms with E-state index in [0.29, 0.717) is 5.56 Å². The summed E-state index contributed by atoms with van der Waals surface area (Å²) in [6.45, 7) is 1.68. The van der Waals surface area contributed by atoms with Crippen molar-refractivity contribution < 1.29 is 0 Å². The highest BCUT2D eigenvalue weighted by molar-refractivity contribution is 9.10. The minimum absolute atomic E-state index is 0.650. The van der Waals surface area contributed by atoms with Crippen LogP contribution in [0.2, 0.25) is 0 Å². The Kier molecular flexibility index (Phi) is 4.37. The number of nitriles is 1. The molecule has 18 heavy (non-hydrogen) atoms. The second-order valence-electron chi connectivity index (χ2n) is 3.82. The van der Waals surface area contributed by atoms with Gasteiger partial charge < -0.3 is 5.32 Å². The first-order chi connectivity index (χ1) is 8.81. The molecule has 1 aromatic carbocycles. The van der Waals surface area contributed by atoms with Crippen molar-refractivity contribution in [3.05, 3.63) is 46.7 Å². The summed E-state index contributed by atoms with van der Waals surface area (Å²) in [5.41, 5.74) is 1.52. The zero-order chi connectivity index (χ0) is 12.8. The molecule has 0 saturated heterocycles. The molecular weight excluding hydrogens is 292 g/mol. The van der Waals surface area contributed by atoms with Crippen LogP contribution in [0.3, 0.4) is 0 Å². The van der Waals surface area contributed by atoms with Gasteiger partial charge in [0.05, 0.1) is 11.3 Å². The number of hydrogen-bond acceptors (Lipinski definition) is 3. The average Bonchev–Trinajstić information content (AvgIpc) is 2.88. The van der Waals surface area contributed by atoms with Crippen LogP contribution in [0.4, 0.5) is 5.69 Å². The molecule has 4 nitrogen and oxygen atoms in total. The van der Waals surface area contributed by atoms with E-state index >= 15 is 0 Å². The van der Waals surface area contributed by atoms with E-state index in [1.54, 1.807) is 6.20 Å². The Hall–Kier alpha value is -1.80. The van der Waals surface area contributed by atoms with E-state index in [-0.39, 0.29) is 0 Å². The van der Waals surface area contributed by atoms with E-state index in [1.165, 1.54) is 0 Å². The zero-order valence-corrected chi connectivity index (χ0v) is 11.4. The summed E-state index contributed by atoms with van der Waals surface area (Å²) >= 11 is 3.37. The maximum Gasteiger partial charge on any atom is 0.103 e. The molecule has 92 valence electrons. The number of aryl methyl sites for hydroxylation is 1. The van der Waals surface area contributed by atoms with Crippen LogP contribution in [0, 0.1) is 11.3 Å². The third-order valence-corrected chi connectivity index (χ3v) is 3.22. The third-order valence-electron chi connectivity index (χ3n) is 2.56. The lowest BCUT2D eigenvalue weighted by atomic mass is 10.2. The van der Waals surface area contributed by atoms with Crippen molar-refractivity contribution >= 4 is 21.6 Å². The van der Waals surface area contributed by atoms with Crippen LogP contribution >= 0.6 is 15.9 Å². The summed E-state index contributed by atoms with van der Waals surface area (Å²) < 4.78 is 2.72. The van der Waals surface area contributed by atoms with Gasteiger partial charge in [-0.3, -0.25) is 4.68 Å². The first-order valence-electron chi connectivity index (χ1n) is 5.71. The van der Waals surface area contributed by atoms with Crippen molar-refractivity contribution in [3.8, 4) is 6.07 Å². The van der Waals surface area contributed by atoms with Gasteiger partial charge in [-0.2, -0.15) is 10.4 Å². The van der Waals surface area contributed by atoms with Gasteiger partial charge in [0.25, 0.3) is 0 Å². The Balaban J connectivity index is 1.87. The van der Waals surface area contributed by atoms with E-state index in [2.05, 4.69) is 32.4 Å². The molecule has 0 spiro atoms. The quantitative estimate of drug-likeness (QED) is 0.864. The number of nitrogens with zero attached hydrogens (tertiary/aromatic N) is 3. The molecule has 0 fully saturated rings. The van der Waals surface area contributed by atoms with Crippen LogP contribution in [0.15, 0.2) is 41.1 Å². The van der Waals surface area contributed by atoms with E-state index in [4.69, 9.17) is 5.26 Å². The maximum absolute atomic E-state index is 9.07. The number of hydrogen-bond donors (Lipinski definition) is 1. The molecule has 5 heteroatoms. The molecule has 0 radical (unpaired) electrons. The smallest absolute Gasteiger partial charge is 0.103 e. The average molecular weight is 305 g/mol. The van der Waals surface area contributed by atoms with Gasteiger partial charge in [-0.1, -0.05) is 6.07 Å². The van der Waals surface area contributed by atoms with Gasteiger partial charge in [-0.25, -0.2) is 0 Å². The van der Waals surface area contributed by atoms with Crippen molar-refractivity contribution in [1.29, 1.82) is 5.26 Å². The van der Waals surface area contributed by atoms with E-state index in [1.807, 2.05) is 35.1 Å². The van der Waals surface area contributed by atoms with E-state index < -0.39 is 0 Å². The second kappa shape index (κ2) is 6.22. The second-order valence-corrected chi connectivity index (χ2v) is 4.68. The van der Waals surface area contributed by atoms with Crippen molar-refractivity contribution in [3.63, 3.8) is 0 Å². The molecule has 0 unspecified atom stereocenters. The van der Waals surface area contributed by atoms with Gasteiger partial charge in [0, 0.05) is 30.0 Å². The zero-order valence-electron chi connectivity index (χ0n) is 9.81. The molecule has 2 rings (SSSR count). The van der Waals surface area contributed by atoms with Crippen molar-refractivity contribution in [2.45, 2.75) is 13.0 Å². The fourth-order valence-electron chi connectivity index (χ4n) is 1.68. The lowest BCUT2D eigenvalue weighted by Crippen LogP contribution is -2.08. The van der Waals surface area contributed by atoms with Crippen LogP contribution in [-0.4, -0.2) is 16.3 Å². The van der Waals surface area contributed by atoms with Crippen molar-refractivity contribution in [1.82, 2.24) is 9.78 Å². The number of anilines is 1. The Bertz CT molecular complexity index is 543. The largest absolute Gasteiger partial charge is 0.384 e. The van der Waals surface area contributed by atoms with Crippen LogP contribution in [0.25, 0.3) is 0 Å². The normalized spacial score (nSPS) is 10.0. The molecule has 0 bridgehead atoms. The lowest BCUT2D eigenvalue weighted by Gasteiger charge is -2.09. The monoisotopic (exact) mass is 304 g/mol. The molecule has 0 atom stereocenters. The molecule has 0 amide bonds. The summed E-state index contributed by atoms with van der Waals surface area (Å²) in [5, 5.41) is 16.5. The predicted molar refractivity (Wildman–Crippen MR) is 74.2 cm³/mol. The molecule has 1 aromatic heterocycles. The molecule has 0 aliphatic rings.